The first-order chi connectivity index (χ1) is 12.2. The summed E-state index contributed by atoms with van der Waals surface area (Å²) in [6.07, 6.45) is 21.3. The fourth-order valence-corrected chi connectivity index (χ4v) is 2.74. The van der Waals surface area contributed by atoms with E-state index in [9.17, 15) is 9.59 Å². The number of carboxylic acids is 1. The van der Waals surface area contributed by atoms with Gasteiger partial charge in [0.25, 0.3) is 0 Å². The Morgan fingerprint density at radius 1 is 0.778 bits per heavy atom. The molecular weight excluding hydrogens is 394 g/mol. The maximum atomic E-state index is 11.2. The molecule has 27 heavy (non-hydrogen) atoms. The predicted molar refractivity (Wildman–Crippen MR) is 105 cm³/mol. The van der Waals surface area contributed by atoms with Crippen molar-refractivity contribution in [2.75, 3.05) is 0 Å². The SMILES string of the molecule is CCCCCCCCCCCCCCCC=COC(=O)CCC(=O)O.[H-].[H-].[K+].[K+]. The zero-order chi connectivity index (χ0) is 18.6. The molecule has 4 nitrogen and oxygen atoms in total. The third-order valence-corrected chi connectivity index (χ3v) is 4.31. The minimum atomic E-state index is -0.979. The van der Waals surface area contributed by atoms with Gasteiger partial charge in [0.2, 0.25) is 0 Å². The number of hydrogen-bond donors (Lipinski definition) is 1. The van der Waals surface area contributed by atoms with E-state index in [4.69, 9.17) is 9.84 Å². The van der Waals surface area contributed by atoms with Crippen LogP contribution < -0.4 is 103 Å². The smallest absolute Gasteiger partial charge is 1.00 e. The fourth-order valence-electron chi connectivity index (χ4n) is 2.74. The average Bonchev–Trinajstić information content (AvgIpc) is 2.59. The Kier molecular flexibility index (Phi) is 34.8. The van der Waals surface area contributed by atoms with Crippen LogP contribution in [-0.2, 0) is 14.3 Å². The number of esters is 1. The molecule has 0 rings (SSSR count). The van der Waals surface area contributed by atoms with E-state index in [1.165, 1.54) is 83.3 Å². The molecule has 0 atom stereocenters. The van der Waals surface area contributed by atoms with Crippen molar-refractivity contribution in [3.8, 4) is 0 Å². The Bertz CT molecular complexity index is 371. The van der Waals surface area contributed by atoms with Crippen LogP contribution in [0.4, 0.5) is 0 Å². The van der Waals surface area contributed by atoms with E-state index in [0.29, 0.717) is 0 Å². The van der Waals surface area contributed by atoms with Crippen molar-refractivity contribution in [3.05, 3.63) is 12.3 Å². The van der Waals surface area contributed by atoms with Crippen molar-refractivity contribution in [2.45, 2.75) is 110 Å². The minimum absolute atomic E-state index is 0. The molecular formula is C21H40K2O4. The van der Waals surface area contributed by atoms with Crippen LogP contribution in [0.25, 0.3) is 0 Å². The molecule has 0 unspecified atom stereocenters. The summed E-state index contributed by atoms with van der Waals surface area (Å²) in [4.78, 5) is 21.5. The summed E-state index contributed by atoms with van der Waals surface area (Å²) in [6, 6.07) is 0. The quantitative estimate of drug-likeness (QED) is 0.149. The fraction of sp³-hybridized carbons (Fsp3) is 0.810. The van der Waals surface area contributed by atoms with Gasteiger partial charge in [-0.25, -0.2) is 0 Å². The van der Waals surface area contributed by atoms with Crippen molar-refractivity contribution in [3.63, 3.8) is 0 Å². The Labute approximate surface area is 254 Å². The number of ether oxygens (including phenoxy) is 1. The number of carbonyl (C=O) groups excluding carboxylic acids is 1. The second kappa shape index (κ2) is 28.0. The third kappa shape index (κ3) is 30.2. The molecule has 0 amide bonds. The zero-order valence-corrected chi connectivity index (χ0v) is 24.4. The van der Waals surface area contributed by atoms with E-state index < -0.39 is 11.9 Å². The molecule has 0 saturated carbocycles. The van der Waals surface area contributed by atoms with E-state index in [2.05, 4.69) is 6.92 Å². The normalized spacial score (nSPS) is 10.3. The molecule has 0 heterocycles. The largest absolute Gasteiger partial charge is 1.00 e. The maximum Gasteiger partial charge on any atom is 1.00 e. The second-order valence-electron chi connectivity index (χ2n) is 6.79. The number of allylic oxidation sites excluding steroid dienone is 1. The summed E-state index contributed by atoms with van der Waals surface area (Å²) in [6.45, 7) is 2.26. The van der Waals surface area contributed by atoms with Gasteiger partial charge in [0.05, 0.1) is 19.1 Å². The summed E-state index contributed by atoms with van der Waals surface area (Å²) in [5.74, 6) is -1.46. The van der Waals surface area contributed by atoms with E-state index in [1.54, 1.807) is 0 Å². The van der Waals surface area contributed by atoms with Crippen molar-refractivity contribution >= 4 is 11.9 Å². The van der Waals surface area contributed by atoms with Gasteiger partial charge in [-0.2, -0.15) is 0 Å². The van der Waals surface area contributed by atoms with E-state index in [0.717, 1.165) is 12.8 Å². The van der Waals surface area contributed by atoms with Crippen LogP contribution >= 0.6 is 0 Å². The summed E-state index contributed by atoms with van der Waals surface area (Å²) in [5.41, 5.74) is 0. The molecule has 0 aromatic heterocycles. The molecule has 0 aromatic rings. The van der Waals surface area contributed by atoms with Crippen molar-refractivity contribution in [1.29, 1.82) is 0 Å². The molecule has 0 aliphatic carbocycles. The Hall–Kier alpha value is 1.95. The van der Waals surface area contributed by atoms with Gasteiger partial charge in [0, 0.05) is 0 Å². The first kappa shape index (κ1) is 33.6. The van der Waals surface area contributed by atoms with Crippen molar-refractivity contribution in [2.24, 2.45) is 0 Å². The number of unbranched alkanes of at least 4 members (excludes halogenated alkanes) is 13. The first-order valence-electron chi connectivity index (χ1n) is 10.2. The topological polar surface area (TPSA) is 63.6 Å². The van der Waals surface area contributed by atoms with Crippen LogP contribution in [0.3, 0.4) is 0 Å². The maximum absolute atomic E-state index is 11.2. The van der Waals surface area contributed by atoms with E-state index >= 15 is 0 Å². The van der Waals surface area contributed by atoms with E-state index in [-0.39, 0.29) is 118 Å². The van der Waals surface area contributed by atoms with Crippen molar-refractivity contribution in [1.82, 2.24) is 0 Å². The van der Waals surface area contributed by atoms with E-state index in [1.807, 2.05) is 6.08 Å². The van der Waals surface area contributed by atoms with Crippen LogP contribution in [0.2, 0.25) is 0 Å². The first-order valence-corrected chi connectivity index (χ1v) is 10.2. The van der Waals surface area contributed by atoms with Gasteiger partial charge in [-0.05, 0) is 18.9 Å². The summed E-state index contributed by atoms with van der Waals surface area (Å²) in [7, 11) is 0. The van der Waals surface area contributed by atoms with Gasteiger partial charge < -0.3 is 12.7 Å². The summed E-state index contributed by atoms with van der Waals surface area (Å²) in [5, 5.41) is 8.45. The Morgan fingerprint density at radius 3 is 1.67 bits per heavy atom. The molecule has 1 N–H and O–H groups in total. The van der Waals surface area contributed by atoms with Crippen LogP contribution in [0.1, 0.15) is 113 Å². The zero-order valence-electron chi connectivity index (χ0n) is 20.1. The van der Waals surface area contributed by atoms with Gasteiger partial charge in [-0.15, -0.1) is 0 Å². The Balaban J connectivity index is -0.000000480. The van der Waals surface area contributed by atoms with Crippen molar-refractivity contribution < 1.29 is 125 Å². The summed E-state index contributed by atoms with van der Waals surface area (Å²) < 4.78 is 4.82. The van der Waals surface area contributed by atoms with Crippen LogP contribution in [0.15, 0.2) is 12.3 Å². The summed E-state index contributed by atoms with van der Waals surface area (Å²) >= 11 is 0. The molecule has 0 saturated heterocycles. The standard InChI is InChI=1S/C21H38O4.2K.2H/c1-2-3-4-5-6-7-8-9-10-11-12-13-14-15-16-19-25-21(24)18-17-20(22)23;;;;/h16,19H,2-15,17-18H2,1H3,(H,22,23);;;;/q;2*+1;2*-1. The molecule has 0 bridgehead atoms. The number of carboxylic acid groups (broad SMARTS) is 1. The van der Waals surface area contributed by atoms with Gasteiger partial charge in [-0.3, -0.25) is 9.59 Å². The number of rotatable bonds is 18. The molecule has 0 spiro atoms. The van der Waals surface area contributed by atoms with Crippen LogP contribution in [-0.4, -0.2) is 17.0 Å². The average molecular weight is 435 g/mol. The number of hydrogen-bond acceptors (Lipinski definition) is 3. The predicted octanol–water partition coefficient (Wildman–Crippen LogP) is 0.622. The second-order valence-corrected chi connectivity index (χ2v) is 6.79. The van der Waals surface area contributed by atoms with Gasteiger partial charge >= 0.3 is 115 Å². The van der Waals surface area contributed by atoms with Crippen LogP contribution in [0, 0.1) is 0 Å². The minimum Gasteiger partial charge on any atom is -1.00 e. The van der Waals surface area contributed by atoms with Gasteiger partial charge in [0.15, 0.2) is 0 Å². The molecule has 0 aliphatic heterocycles. The Morgan fingerprint density at radius 2 is 1.22 bits per heavy atom. The number of carbonyl (C=O) groups is 2. The molecule has 0 fully saturated rings. The molecule has 0 radical (unpaired) electrons. The van der Waals surface area contributed by atoms with Crippen LogP contribution in [0.5, 0.6) is 0 Å². The number of aliphatic carboxylic acids is 1. The molecule has 0 aromatic carbocycles. The van der Waals surface area contributed by atoms with Gasteiger partial charge in [-0.1, -0.05) is 84.0 Å². The van der Waals surface area contributed by atoms with Gasteiger partial charge in [0.1, 0.15) is 0 Å². The molecule has 150 valence electrons. The molecule has 0 aliphatic rings. The monoisotopic (exact) mass is 434 g/mol. The molecule has 6 heteroatoms. The third-order valence-electron chi connectivity index (χ3n) is 4.31.